The summed E-state index contributed by atoms with van der Waals surface area (Å²) >= 11 is 0. The second-order valence-corrected chi connectivity index (χ2v) is 4.56. The van der Waals surface area contributed by atoms with E-state index >= 15 is 0 Å². The Balaban J connectivity index is 3.30. The number of hydrogen-bond acceptors (Lipinski definition) is 3. The van der Waals surface area contributed by atoms with Gasteiger partial charge in [-0.25, -0.2) is 0 Å². The predicted octanol–water partition coefficient (Wildman–Crippen LogP) is 1.52. The number of ether oxygens (including phenoxy) is 1. The summed E-state index contributed by atoms with van der Waals surface area (Å²) in [4.78, 5) is 0. The Bertz CT molecular complexity index is 370. The van der Waals surface area contributed by atoms with Crippen LogP contribution in [-0.2, 0) is 5.41 Å². The van der Waals surface area contributed by atoms with Crippen molar-refractivity contribution in [1.29, 1.82) is 0 Å². The Hall–Kier alpha value is -1.06. The third-order valence-corrected chi connectivity index (χ3v) is 3.19. The van der Waals surface area contributed by atoms with Crippen LogP contribution in [0.1, 0.15) is 23.6 Å². The molecule has 1 atom stereocenters. The van der Waals surface area contributed by atoms with Gasteiger partial charge in [0.15, 0.2) is 0 Å². The van der Waals surface area contributed by atoms with E-state index in [9.17, 15) is 5.11 Å². The molecule has 0 aromatic heterocycles. The van der Waals surface area contributed by atoms with E-state index in [1.165, 1.54) is 0 Å². The van der Waals surface area contributed by atoms with Gasteiger partial charge in [-0.05, 0) is 36.6 Å². The molecule has 3 nitrogen and oxygen atoms in total. The molecule has 3 N–H and O–H groups in total. The molecule has 0 fully saturated rings. The fourth-order valence-electron chi connectivity index (χ4n) is 1.92. The van der Waals surface area contributed by atoms with E-state index in [1.54, 1.807) is 7.11 Å². The summed E-state index contributed by atoms with van der Waals surface area (Å²) in [6.07, 6.45) is 0. The Morgan fingerprint density at radius 1 is 1.31 bits per heavy atom. The number of aliphatic hydroxyl groups is 1. The Morgan fingerprint density at radius 2 is 1.94 bits per heavy atom. The van der Waals surface area contributed by atoms with Crippen molar-refractivity contribution in [3.05, 3.63) is 28.8 Å². The van der Waals surface area contributed by atoms with Crippen LogP contribution in [-0.4, -0.2) is 25.4 Å². The first-order valence-electron chi connectivity index (χ1n) is 5.45. The molecule has 0 aliphatic heterocycles. The van der Waals surface area contributed by atoms with Gasteiger partial charge in [0.05, 0.1) is 13.7 Å². The summed E-state index contributed by atoms with van der Waals surface area (Å²) in [6.45, 7) is 6.46. The van der Waals surface area contributed by atoms with Crippen LogP contribution >= 0.6 is 0 Å². The molecule has 0 saturated carbocycles. The number of methoxy groups -OCH3 is 1. The number of hydrogen-bond donors (Lipinski definition) is 2. The van der Waals surface area contributed by atoms with Crippen LogP contribution in [0, 0.1) is 13.8 Å². The van der Waals surface area contributed by atoms with E-state index < -0.39 is 0 Å². The van der Waals surface area contributed by atoms with Crippen molar-refractivity contribution in [2.24, 2.45) is 5.73 Å². The highest BCUT2D eigenvalue weighted by molar-refractivity contribution is 5.45. The molecule has 1 rings (SSSR count). The van der Waals surface area contributed by atoms with Crippen LogP contribution in [0.4, 0.5) is 0 Å². The molecule has 0 aliphatic carbocycles. The normalized spacial score (nSPS) is 14.6. The number of rotatable bonds is 4. The van der Waals surface area contributed by atoms with Crippen molar-refractivity contribution in [3.8, 4) is 5.75 Å². The molecule has 1 aromatic carbocycles. The third-order valence-electron chi connectivity index (χ3n) is 3.19. The van der Waals surface area contributed by atoms with E-state index in [2.05, 4.69) is 6.07 Å². The van der Waals surface area contributed by atoms with E-state index in [0.717, 1.165) is 22.4 Å². The number of benzene rings is 1. The van der Waals surface area contributed by atoms with Crippen molar-refractivity contribution >= 4 is 0 Å². The average Bonchev–Trinajstić information content (AvgIpc) is 2.30. The van der Waals surface area contributed by atoms with Gasteiger partial charge in [-0.1, -0.05) is 13.0 Å². The molecule has 0 aliphatic rings. The van der Waals surface area contributed by atoms with Crippen LogP contribution in [0.2, 0.25) is 0 Å². The molecule has 1 unspecified atom stereocenters. The minimum atomic E-state index is -0.374. The minimum absolute atomic E-state index is 0.0517. The summed E-state index contributed by atoms with van der Waals surface area (Å²) in [7, 11) is 1.66. The van der Waals surface area contributed by atoms with E-state index in [4.69, 9.17) is 10.5 Å². The summed E-state index contributed by atoms with van der Waals surface area (Å²) in [5, 5.41) is 9.47. The standard InChI is InChI=1S/C13H21NO2/c1-9-6-12(16-4)10(2)5-11(9)13(3,7-14)8-15/h5-6,15H,7-8,14H2,1-4H3. The lowest BCUT2D eigenvalue weighted by Crippen LogP contribution is -2.36. The topological polar surface area (TPSA) is 55.5 Å². The summed E-state index contributed by atoms with van der Waals surface area (Å²) in [5.41, 5.74) is 8.63. The molecule has 0 saturated heterocycles. The number of nitrogens with two attached hydrogens (primary N) is 1. The SMILES string of the molecule is COc1cc(C)c(C(C)(CN)CO)cc1C. The highest BCUT2D eigenvalue weighted by atomic mass is 16.5. The maximum absolute atomic E-state index is 9.47. The van der Waals surface area contributed by atoms with Gasteiger partial charge in [-0.3, -0.25) is 0 Å². The minimum Gasteiger partial charge on any atom is -0.496 e. The first-order chi connectivity index (χ1) is 7.48. The highest BCUT2D eigenvalue weighted by Crippen LogP contribution is 2.30. The Labute approximate surface area is 97.2 Å². The number of aliphatic hydroxyl groups excluding tert-OH is 1. The van der Waals surface area contributed by atoms with Gasteiger partial charge in [0.1, 0.15) is 5.75 Å². The summed E-state index contributed by atoms with van der Waals surface area (Å²) < 4.78 is 5.27. The zero-order valence-corrected chi connectivity index (χ0v) is 10.5. The molecule has 0 radical (unpaired) electrons. The Morgan fingerprint density at radius 3 is 2.38 bits per heavy atom. The molecular formula is C13H21NO2. The first-order valence-corrected chi connectivity index (χ1v) is 5.45. The smallest absolute Gasteiger partial charge is 0.122 e. The van der Waals surface area contributed by atoms with E-state index in [0.29, 0.717) is 6.54 Å². The molecule has 0 amide bonds. The predicted molar refractivity (Wildman–Crippen MR) is 66.0 cm³/mol. The largest absolute Gasteiger partial charge is 0.496 e. The number of aryl methyl sites for hydroxylation is 2. The van der Waals surface area contributed by atoms with Crippen LogP contribution < -0.4 is 10.5 Å². The van der Waals surface area contributed by atoms with Crippen LogP contribution in [0.5, 0.6) is 5.75 Å². The molecule has 16 heavy (non-hydrogen) atoms. The molecule has 1 aromatic rings. The quantitative estimate of drug-likeness (QED) is 0.813. The van der Waals surface area contributed by atoms with Gasteiger partial charge >= 0.3 is 0 Å². The average molecular weight is 223 g/mol. The van der Waals surface area contributed by atoms with Crippen molar-refractivity contribution in [2.45, 2.75) is 26.2 Å². The molecular weight excluding hydrogens is 202 g/mol. The molecule has 90 valence electrons. The summed E-state index contributed by atoms with van der Waals surface area (Å²) in [5.74, 6) is 0.874. The first kappa shape index (κ1) is 13.0. The molecule has 0 bridgehead atoms. The van der Waals surface area contributed by atoms with Crippen molar-refractivity contribution < 1.29 is 9.84 Å². The van der Waals surface area contributed by atoms with Crippen LogP contribution in [0.15, 0.2) is 12.1 Å². The van der Waals surface area contributed by atoms with Crippen molar-refractivity contribution in [2.75, 3.05) is 20.3 Å². The lowest BCUT2D eigenvalue weighted by atomic mass is 9.80. The van der Waals surface area contributed by atoms with Gasteiger partial charge in [0, 0.05) is 12.0 Å². The highest BCUT2D eigenvalue weighted by Gasteiger charge is 2.26. The molecule has 3 heteroatoms. The van der Waals surface area contributed by atoms with Gasteiger partial charge in [-0.15, -0.1) is 0 Å². The maximum atomic E-state index is 9.47. The lowest BCUT2D eigenvalue weighted by molar-refractivity contribution is 0.209. The monoisotopic (exact) mass is 223 g/mol. The fourth-order valence-corrected chi connectivity index (χ4v) is 1.92. The van der Waals surface area contributed by atoms with Gasteiger partial charge in [0.25, 0.3) is 0 Å². The van der Waals surface area contributed by atoms with E-state index in [-0.39, 0.29) is 12.0 Å². The fraction of sp³-hybridized carbons (Fsp3) is 0.538. The summed E-state index contributed by atoms with van der Waals surface area (Å²) in [6, 6.07) is 4.05. The maximum Gasteiger partial charge on any atom is 0.122 e. The van der Waals surface area contributed by atoms with Gasteiger partial charge in [0.2, 0.25) is 0 Å². The van der Waals surface area contributed by atoms with Crippen molar-refractivity contribution in [1.82, 2.24) is 0 Å². The van der Waals surface area contributed by atoms with Crippen LogP contribution in [0.25, 0.3) is 0 Å². The molecule has 0 heterocycles. The Kier molecular flexibility index (Phi) is 3.94. The zero-order chi connectivity index (χ0) is 12.3. The second kappa shape index (κ2) is 4.85. The second-order valence-electron chi connectivity index (χ2n) is 4.56. The third kappa shape index (κ3) is 2.20. The van der Waals surface area contributed by atoms with E-state index in [1.807, 2.05) is 26.8 Å². The molecule has 0 spiro atoms. The zero-order valence-electron chi connectivity index (χ0n) is 10.5. The van der Waals surface area contributed by atoms with Gasteiger partial charge < -0.3 is 15.6 Å². The van der Waals surface area contributed by atoms with Crippen LogP contribution in [0.3, 0.4) is 0 Å². The lowest BCUT2D eigenvalue weighted by Gasteiger charge is -2.28. The van der Waals surface area contributed by atoms with Crippen molar-refractivity contribution in [3.63, 3.8) is 0 Å². The van der Waals surface area contributed by atoms with Gasteiger partial charge in [-0.2, -0.15) is 0 Å².